The molecule has 7 heteroatoms. The van der Waals surface area contributed by atoms with Gasteiger partial charge in [-0.05, 0) is 6.42 Å². The van der Waals surface area contributed by atoms with Gasteiger partial charge in [0, 0.05) is 33.8 Å². The quantitative estimate of drug-likeness (QED) is 0.705. The number of nitrogen functional groups attached to an aromatic ring is 1. The molecule has 118 valence electrons. The molecular weight excluding hydrogens is 288 g/mol. The van der Waals surface area contributed by atoms with Crippen LogP contribution in [0.5, 0.6) is 0 Å². The number of thiazole rings is 1. The molecule has 0 aliphatic carbocycles. The molecule has 0 saturated heterocycles. The van der Waals surface area contributed by atoms with Crippen molar-refractivity contribution < 1.29 is 9.53 Å². The predicted molar refractivity (Wildman–Crippen MR) is 88.1 cm³/mol. The Hall–Kier alpha value is -1.60. The highest BCUT2D eigenvalue weighted by atomic mass is 32.1. The van der Waals surface area contributed by atoms with Gasteiger partial charge in [0.2, 0.25) is 0 Å². The number of anilines is 2. The summed E-state index contributed by atoms with van der Waals surface area (Å²) in [6.45, 7) is 8.08. The van der Waals surface area contributed by atoms with Gasteiger partial charge < -0.3 is 20.3 Å². The number of rotatable bonds is 9. The van der Waals surface area contributed by atoms with Crippen LogP contribution in [0.15, 0.2) is 12.7 Å². The Morgan fingerprint density at radius 2 is 2.24 bits per heavy atom. The number of carbonyl (C=O) groups excluding carboxylic acids is 1. The largest absolute Gasteiger partial charge is 0.383 e. The van der Waals surface area contributed by atoms with E-state index in [1.165, 1.54) is 11.3 Å². The molecule has 0 aromatic carbocycles. The number of methoxy groups -OCH3 is 1. The lowest BCUT2D eigenvalue weighted by molar-refractivity contribution is 0.0723. The summed E-state index contributed by atoms with van der Waals surface area (Å²) in [5.41, 5.74) is 5.91. The van der Waals surface area contributed by atoms with Gasteiger partial charge in [-0.1, -0.05) is 24.3 Å². The fourth-order valence-electron chi connectivity index (χ4n) is 1.84. The van der Waals surface area contributed by atoms with Crippen LogP contribution in [0.25, 0.3) is 0 Å². The lowest BCUT2D eigenvalue weighted by Gasteiger charge is -2.20. The van der Waals surface area contributed by atoms with E-state index in [2.05, 4.69) is 18.5 Å². The molecule has 2 N–H and O–H groups in total. The average molecular weight is 312 g/mol. The van der Waals surface area contributed by atoms with Gasteiger partial charge >= 0.3 is 0 Å². The lowest BCUT2D eigenvalue weighted by Crippen LogP contribution is -2.34. The monoisotopic (exact) mass is 312 g/mol. The Kier molecular flexibility index (Phi) is 7.18. The lowest BCUT2D eigenvalue weighted by atomic mass is 10.3. The molecule has 0 bridgehead atoms. The minimum absolute atomic E-state index is 0.127. The molecule has 1 amide bonds. The Morgan fingerprint density at radius 3 is 2.81 bits per heavy atom. The van der Waals surface area contributed by atoms with Crippen LogP contribution < -0.4 is 10.6 Å². The van der Waals surface area contributed by atoms with Gasteiger partial charge in [0.1, 0.15) is 10.7 Å². The zero-order chi connectivity index (χ0) is 15.8. The Morgan fingerprint density at radius 1 is 1.52 bits per heavy atom. The molecule has 1 aromatic heterocycles. The number of nitrogens with zero attached hydrogens (tertiary/aromatic N) is 3. The summed E-state index contributed by atoms with van der Waals surface area (Å²) in [5.74, 6) is 0.160. The number of aromatic nitrogens is 1. The van der Waals surface area contributed by atoms with Crippen LogP contribution in [-0.2, 0) is 4.74 Å². The highest BCUT2D eigenvalue weighted by Crippen LogP contribution is 2.28. The molecule has 0 unspecified atom stereocenters. The first-order chi connectivity index (χ1) is 10.0. The molecule has 1 aromatic rings. The van der Waals surface area contributed by atoms with E-state index >= 15 is 0 Å². The molecule has 1 rings (SSSR count). The normalized spacial score (nSPS) is 10.4. The minimum Gasteiger partial charge on any atom is -0.383 e. The second-order valence-corrected chi connectivity index (χ2v) is 5.64. The van der Waals surface area contributed by atoms with Gasteiger partial charge in [0.15, 0.2) is 5.13 Å². The minimum atomic E-state index is -0.127. The number of amides is 1. The van der Waals surface area contributed by atoms with Crippen LogP contribution >= 0.6 is 11.3 Å². The van der Waals surface area contributed by atoms with Gasteiger partial charge in [0.05, 0.1) is 6.61 Å². The van der Waals surface area contributed by atoms with Crippen molar-refractivity contribution in [3.05, 3.63) is 17.5 Å². The van der Waals surface area contributed by atoms with Crippen LogP contribution in [0, 0.1) is 0 Å². The number of nitrogens with two attached hydrogens (primary N) is 1. The van der Waals surface area contributed by atoms with E-state index in [9.17, 15) is 4.79 Å². The van der Waals surface area contributed by atoms with Crippen molar-refractivity contribution in [3.63, 3.8) is 0 Å². The summed E-state index contributed by atoms with van der Waals surface area (Å²) in [7, 11) is 3.55. The van der Waals surface area contributed by atoms with Gasteiger partial charge in [-0.2, -0.15) is 0 Å². The van der Waals surface area contributed by atoms with Crippen molar-refractivity contribution in [2.45, 2.75) is 13.3 Å². The second-order valence-electron chi connectivity index (χ2n) is 4.67. The maximum absolute atomic E-state index is 12.5. The van der Waals surface area contributed by atoms with Crippen molar-refractivity contribution in [3.8, 4) is 0 Å². The summed E-state index contributed by atoms with van der Waals surface area (Å²) in [6.07, 6.45) is 2.70. The topological polar surface area (TPSA) is 71.7 Å². The number of hydrogen-bond donors (Lipinski definition) is 1. The zero-order valence-corrected chi connectivity index (χ0v) is 13.8. The SMILES string of the molecule is C=CCN(CCOC)C(=O)c1sc(N(C)CCC)nc1N. The fourth-order valence-corrected chi connectivity index (χ4v) is 2.78. The van der Waals surface area contributed by atoms with Crippen LogP contribution in [-0.4, -0.2) is 56.2 Å². The van der Waals surface area contributed by atoms with Crippen molar-refractivity contribution in [2.24, 2.45) is 0 Å². The molecule has 0 saturated carbocycles. The molecular formula is C14H24N4O2S. The predicted octanol–water partition coefficient (Wildman–Crippen LogP) is 1.85. The Labute approximate surface area is 130 Å². The summed E-state index contributed by atoms with van der Waals surface area (Å²) in [4.78, 5) is 21.0. The standard InChI is InChI=1S/C14H24N4O2S/c1-5-7-17(3)14-16-12(15)11(21-14)13(19)18(8-6-2)9-10-20-4/h6H,2,5,7-10,15H2,1,3-4H3. The first-order valence-corrected chi connectivity index (χ1v) is 7.73. The summed E-state index contributed by atoms with van der Waals surface area (Å²) in [6, 6.07) is 0. The third-order valence-electron chi connectivity index (χ3n) is 2.92. The average Bonchev–Trinajstić information content (AvgIpc) is 2.85. The third kappa shape index (κ3) is 4.71. The van der Waals surface area contributed by atoms with Crippen LogP contribution in [0.3, 0.4) is 0 Å². The number of hydrogen-bond acceptors (Lipinski definition) is 6. The van der Waals surface area contributed by atoms with E-state index in [0.29, 0.717) is 24.6 Å². The molecule has 0 atom stereocenters. The molecule has 0 fully saturated rings. The Balaban J connectivity index is 2.91. The van der Waals surface area contributed by atoms with Crippen molar-refractivity contribution in [1.29, 1.82) is 0 Å². The number of ether oxygens (including phenoxy) is 1. The van der Waals surface area contributed by atoms with Crippen molar-refractivity contribution >= 4 is 28.2 Å². The van der Waals surface area contributed by atoms with E-state index in [4.69, 9.17) is 10.5 Å². The van der Waals surface area contributed by atoms with Crippen molar-refractivity contribution in [1.82, 2.24) is 9.88 Å². The van der Waals surface area contributed by atoms with E-state index < -0.39 is 0 Å². The molecule has 1 heterocycles. The Bertz CT molecular complexity index is 476. The van der Waals surface area contributed by atoms with Crippen LogP contribution in [0.2, 0.25) is 0 Å². The molecule has 21 heavy (non-hydrogen) atoms. The smallest absolute Gasteiger partial charge is 0.268 e. The summed E-state index contributed by atoms with van der Waals surface area (Å²) < 4.78 is 5.03. The third-order valence-corrected chi connectivity index (χ3v) is 4.10. The number of carbonyl (C=O) groups is 1. The second kappa shape index (κ2) is 8.63. The van der Waals surface area contributed by atoms with E-state index in [1.807, 2.05) is 11.9 Å². The van der Waals surface area contributed by atoms with Gasteiger partial charge in [-0.3, -0.25) is 4.79 Å². The summed E-state index contributed by atoms with van der Waals surface area (Å²) in [5, 5.41) is 0.767. The maximum atomic E-state index is 12.5. The van der Waals surface area contributed by atoms with E-state index in [1.54, 1.807) is 18.1 Å². The van der Waals surface area contributed by atoms with Gasteiger partial charge in [-0.15, -0.1) is 6.58 Å². The van der Waals surface area contributed by atoms with Crippen molar-refractivity contribution in [2.75, 3.05) is 51.0 Å². The zero-order valence-electron chi connectivity index (χ0n) is 13.0. The highest BCUT2D eigenvalue weighted by Gasteiger charge is 2.22. The first kappa shape index (κ1) is 17.5. The van der Waals surface area contributed by atoms with Crippen LogP contribution in [0.4, 0.5) is 10.9 Å². The summed E-state index contributed by atoms with van der Waals surface area (Å²) >= 11 is 1.33. The van der Waals surface area contributed by atoms with Crippen LogP contribution in [0.1, 0.15) is 23.0 Å². The maximum Gasteiger partial charge on any atom is 0.268 e. The molecule has 0 aliphatic rings. The highest BCUT2D eigenvalue weighted by molar-refractivity contribution is 7.18. The van der Waals surface area contributed by atoms with Gasteiger partial charge in [0.25, 0.3) is 5.91 Å². The van der Waals surface area contributed by atoms with E-state index in [0.717, 1.165) is 18.1 Å². The van der Waals surface area contributed by atoms with Gasteiger partial charge in [-0.25, -0.2) is 4.98 Å². The fraction of sp³-hybridized carbons (Fsp3) is 0.571. The molecule has 0 aliphatic heterocycles. The molecule has 6 nitrogen and oxygen atoms in total. The molecule has 0 radical (unpaired) electrons. The van der Waals surface area contributed by atoms with E-state index in [-0.39, 0.29) is 11.7 Å². The first-order valence-electron chi connectivity index (χ1n) is 6.91. The molecule has 0 spiro atoms.